The van der Waals surface area contributed by atoms with E-state index < -0.39 is 23.8 Å². The van der Waals surface area contributed by atoms with Crippen LogP contribution >= 0.6 is 0 Å². The zero-order chi connectivity index (χ0) is 25.4. The maximum atomic E-state index is 12.8. The first-order valence-electron chi connectivity index (χ1n) is 10.2. The van der Waals surface area contributed by atoms with E-state index in [9.17, 15) is 19.7 Å². The summed E-state index contributed by atoms with van der Waals surface area (Å²) in [5, 5.41) is 11.5. The van der Waals surface area contributed by atoms with Gasteiger partial charge in [-0.05, 0) is 30.3 Å². The number of nitro groups is 1. The molecular formula is C23H23N3O9. The maximum absolute atomic E-state index is 12.8. The van der Waals surface area contributed by atoms with Crippen LogP contribution < -0.4 is 14.2 Å². The Morgan fingerprint density at radius 3 is 2.54 bits per heavy atom. The van der Waals surface area contributed by atoms with Crippen molar-refractivity contribution in [3.05, 3.63) is 64.3 Å². The average Bonchev–Trinajstić information content (AvgIpc) is 2.87. The zero-order valence-corrected chi connectivity index (χ0v) is 19.3. The number of aromatic nitrogens is 1. The lowest BCUT2D eigenvalue weighted by molar-refractivity contribution is -0.383. The third-order valence-corrected chi connectivity index (χ3v) is 4.96. The molecule has 0 aliphatic rings. The molecule has 12 heteroatoms. The van der Waals surface area contributed by atoms with Crippen LogP contribution in [-0.2, 0) is 20.8 Å². The van der Waals surface area contributed by atoms with Crippen LogP contribution in [0.4, 0.5) is 10.5 Å². The molecule has 35 heavy (non-hydrogen) atoms. The number of benzene rings is 2. The number of ether oxygens (including phenoxy) is 5. The molecule has 0 N–H and O–H groups in total. The molecule has 3 aromatic rings. The first-order valence-corrected chi connectivity index (χ1v) is 10.2. The normalized spacial score (nSPS) is 10.4. The predicted molar refractivity (Wildman–Crippen MR) is 122 cm³/mol. The number of hydrogen-bond donors (Lipinski definition) is 0. The first kappa shape index (κ1) is 25.0. The number of non-ortho nitro benzene ring substituents is 1. The minimum absolute atomic E-state index is 0.0247. The molecule has 0 bridgehead atoms. The number of carbonyl (C=O) groups is 2. The van der Waals surface area contributed by atoms with Gasteiger partial charge in [-0.15, -0.1) is 0 Å². The third kappa shape index (κ3) is 6.05. The SMILES string of the molecule is COC(=O)CN(Cc1ccc(OC)cc1OC)C(=O)OCOc1ccc([N+](=O)[O-])c2cccnc12. The van der Waals surface area contributed by atoms with Crippen LogP contribution in [0.2, 0.25) is 0 Å². The van der Waals surface area contributed by atoms with Gasteiger partial charge in [-0.3, -0.25) is 24.8 Å². The summed E-state index contributed by atoms with van der Waals surface area (Å²) in [7, 11) is 4.19. The lowest BCUT2D eigenvalue weighted by Gasteiger charge is -2.22. The van der Waals surface area contributed by atoms with E-state index >= 15 is 0 Å². The number of esters is 1. The summed E-state index contributed by atoms with van der Waals surface area (Å²) in [5.41, 5.74) is 0.711. The molecule has 0 spiro atoms. The van der Waals surface area contributed by atoms with Gasteiger partial charge < -0.3 is 23.7 Å². The molecule has 0 unspecified atom stereocenters. The highest BCUT2D eigenvalue weighted by atomic mass is 16.7. The van der Waals surface area contributed by atoms with Crippen molar-refractivity contribution < 1.29 is 38.2 Å². The number of rotatable bonds is 10. The van der Waals surface area contributed by atoms with Gasteiger partial charge in [0.15, 0.2) is 0 Å². The second kappa shape index (κ2) is 11.5. The molecule has 12 nitrogen and oxygen atoms in total. The number of methoxy groups -OCH3 is 3. The van der Waals surface area contributed by atoms with Crippen LogP contribution in [0, 0.1) is 10.1 Å². The van der Waals surface area contributed by atoms with Gasteiger partial charge in [0.25, 0.3) is 5.69 Å². The minimum Gasteiger partial charge on any atom is -0.497 e. The number of amides is 1. The number of fused-ring (bicyclic) bond motifs is 1. The standard InChI is InChI=1S/C23H23N3O9/c1-31-16-7-6-15(20(11-16)32-2)12-25(13-21(27)33-3)23(28)35-14-34-19-9-8-18(26(29)30)17-5-4-10-24-22(17)19/h4-11H,12-14H2,1-3H3. The molecule has 0 saturated carbocycles. The lowest BCUT2D eigenvalue weighted by atomic mass is 10.1. The number of pyridine rings is 1. The minimum atomic E-state index is -0.854. The molecule has 1 amide bonds. The largest absolute Gasteiger partial charge is 0.497 e. The molecule has 0 aliphatic heterocycles. The number of hydrogen-bond acceptors (Lipinski definition) is 10. The summed E-state index contributed by atoms with van der Waals surface area (Å²) < 4.78 is 25.9. The van der Waals surface area contributed by atoms with E-state index in [4.69, 9.17) is 18.9 Å². The van der Waals surface area contributed by atoms with E-state index in [-0.39, 0.29) is 35.4 Å². The van der Waals surface area contributed by atoms with Gasteiger partial charge in [-0.25, -0.2) is 4.79 Å². The Hall–Kier alpha value is -4.61. The molecular weight excluding hydrogens is 462 g/mol. The molecule has 0 radical (unpaired) electrons. The number of nitro benzene ring substituents is 1. The Morgan fingerprint density at radius 2 is 1.86 bits per heavy atom. The van der Waals surface area contributed by atoms with Crippen LogP contribution in [0.1, 0.15) is 5.56 Å². The van der Waals surface area contributed by atoms with Crippen LogP contribution in [0.15, 0.2) is 48.7 Å². The molecule has 2 aromatic carbocycles. The van der Waals surface area contributed by atoms with Gasteiger partial charge in [0.2, 0.25) is 6.79 Å². The average molecular weight is 485 g/mol. The number of nitrogens with zero attached hydrogens (tertiary/aromatic N) is 3. The van der Waals surface area contributed by atoms with Crippen molar-refractivity contribution in [2.45, 2.75) is 6.54 Å². The van der Waals surface area contributed by atoms with Crippen LogP contribution in [0.5, 0.6) is 17.2 Å². The van der Waals surface area contributed by atoms with Crippen LogP contribution in [-0.4, -0.2) is 61.5 Å². The van der Waals surface area contributed by atoms with Crippen molar-refractivity contribution in [3.63, 3.8) is 0 Å². The Balaban J connectivity index is 1.74. The van der Waals surface area contributed by atoms with Crippen molar-refractivity contribution in [3.8, 4) is 17.2 Å². The Bertz CT molecular complexity index is 1230. The second-order valence-electron chi connectivity index (χ2n) is 7.02. The van der Waals surface area contributed by atoms with E-state index in [0.29, 0.717) is 17.1 Å². The number of carbonyl (C=O) groups excluding carboxylic acids is 2. The van der Waals surface area contributed by atoms with E-state index in [0.717, 1.165) is 4.90 Å². The van der Waals surface area contributed by atoms with E-state index in [2.05, 4.69) is 9.72 Å². The van der Waals surface area contributed by atoms with Gasteiger partial charge >= 0.3 is 12.1 Å². The molecule has 0 fully saturated rings. The highest BCUT2D eigenvalue weighted by Gasteiger charge is 2.22. The van der Waals surface area contributed by atoms with Crippen molar-refractivity contribution in [1.82, 2.24) is 9.88 Å². The Morgan fingerprint density at radius 1 is 1.06 bits per heavy atom. The quantitative estimate of drug-likeness (QED) is 0.182. The van der Waals surface area contributed by atoms with Gasteiger partial charge in [0.05, 0.1) is 38.2 Å². The fraction of sp³-hybridized carbons (Fsp3) is 0.261. The van der Waals surface area contributed by atoms with E-state index in [1.807, 2.05) is 0 Å². The fourth-order valence-electron chi connectivity index (χ4n) is 3.24. The highest BCUT2D eigenvalue weighted by Crippen LogP contribution is 2.31. The third-order valence-electron chi connectivity index (χ3n) is 4.96. The van der Waals surface area contributed by atoms with Gasteiger partial charge in [0, 0.05) is 23.9 Å². The zero-order valence-electron chi connectivity index (χ0n) is 19.3. The molecule has 0 saturated heterocycles. The lowest BCUT2D eigenvalue weighted by Crippen LogP contribution is -2.36. The Kier molecular flexibility index (Phi) is 8.22. The summed E-state index contributed by atoms with van der Waals surface area (Å²) in [6.45, 7) is -0.935. The van der Waals surface area contributed by atoms with Gasteiger partial charge in [-0.2, -0.15) is 0 Å². The molecule has 0 atom stereocenters. The Labute approximate surface area is 200 Å². The van der Waals surface area contributed by atoms with Crippen molar-refractivity contribution in [1.29, 1.82) is 0 Å². The molecule has 3 rings (SSSR count). The first-order chi connectivity index (χ1) is 16.9. The predicted octanol–water partition coefficient (Wildman–Crippen LogP) is 3.31. The highest BCUT2D eigenvalue weighted by molar-refractivity contribution is 5.92. The smallest absolute Gasteiger partial charge is 0.413 e. The van der Waals surface area contributed by atoms with Crippen LogP contribution in [0.3, 0.4) is 0 Å². The van der Waals surface area contributed by atoms with Gasteiger partial charge in [0.1, 0.15) is 29.3 Å². The topological polar surface area (TPSA) is 140 Å². The van der Waals surface area contributed by atoms with Gasteiger partial charge in [-0.1, -0.05) is 0 Å². The van der Waals surface area contributed by atoms with Crippen molar-refractivity contribution in [2.75, 3.05) is 34.7 Å². The summed E-state index contributed by atoms with van der Waals surface area (Å²) in [6.07, 6.45) is 0.609. The van der Waals surface area contributed by atoms with Crippen LogP contribution in [0.25, 0.3) is 10.9 Å². The summed E-state index contributed by atoms with van der Waals surface area (Å²) >= 11 is 0. The fourth-order valence-corrected chi connectivity index (χ4v) is 3.24. The molecule has 0 aliphatic carbocycles. The monoisotopic (exact) mass is 485 g/mol. The molecule has 1 heterocycles. The summed E-state index contributed by atoms with van der Waals surface area (Å²) in [4.78, 5) is 40.6. The second-order valence-corrected chi connectivity index (χ2v) is 7.02. The maximum Gasteiger partial charge on any atom is 0.413 e. The van der Waals surface area contributed by atoms with Crippen molar-refractivity contribution >= 4 is 28.7 Å². The molecule has 184 valence electrons. The summed E-state index contributed by atoms with van der Waals surface area (Å²) in [6, 6.07) is 10.8. The van der Waals surface area contributed by atoms with E-state index in [1.54, 1.807) is 30.3 Å². The summed E-state index contributed by atoms with van der Waals surface area (Å²) in [5.74, 6) is 0.549. The molecule has 1 aromatic heterocycles. The van der Waals surface area contributed by atoms with E-state index in [1.165, 1.54) is 39.7 Å². The van der Waals surface area contributed by atoms with Crippen molar-refractivity contribution in [2.24, 2.45) is 0 Å².